The van der Waals surface area contributed by atoms with Crippen molar-refractivity contribution in [3.05, 3.63) is 70.8 Å². The lowest BCUT2D eigenvalue weighted by atomic mass is 9.98. The zero-order chi connectivity index (χ0) is 12.3. The molecule has 0 amide bonds. The van der Waals surface area contributed by atoms with Gasteiger partial charge in [-0.15, -0.1) is 0 Å². The summed E-state index contributed by atoms with van der Waals surface area (Å²) < 4.78 is 0. The maximum absolute atomic E-state index is 6.18. The molecule has 0 saturated carbocycles. The number of rotatable bonds is 3. The highest BCUT2D eigenvalue weighted by Gasteiger charge is 2.15. The van der Waals surface area contributed by atoms with Gasteiger partial charge in [0.2, 0.25) is 0 Å². The number of aryl methyl sites for hydroxylation is 2. The van der Waals surface area contributed by atoms with E-state index in [1.165, 1.54) is 22.3 Å². The summed E-state index contributed by atoms with van der Waals surface area (Å²) in [5, 5.41) is 0. The van der Waals surface area contributed by atoms with E-state index in [0.717, 1.165) is 0 Å². The Morgan fingerprint density at radius 2 is 1.71 bits per heavy atom. The van der Waals surface area contributed by atoms with Crippen molar-refractivity contribution in [2.45, 2.75) is 19.4 Å². The van der Waals surface area contributed by atoms with Crippen LogP contribution >= 0.6 is 11.1 Å². The first-order chi connectivity index (χ1) is 8.22. The maximum Gasteiger partial charge on any atom is 0.184 e. The molecule has 0 aliphatic heterocycles. The largest absolute Gasteiger partial charge is 0.184 e. The van der Waals surface area contributed by atoms with Crippen LogP contribution in [-0.4, -0.2) is 8.83 Å². The minimum atomic E-state index is 0.318. The van der Waals surface area contributed by atoms with Crippen LogP contribution in [0.3, 0.4) is 0 Å². The molecule has 0 saturated heterocycles. The molecular weight excluding hydrogens is 244 g/mol. The van der Waals surface area contributed by atoms with Gasteiger partial charge in [0.15, 0.2) is 8.83 Å². The Labute approximate surface area is 110 Å². The molecule has 0 fully saturated rings. The maximum atomic E-state index is 6.18. The third-order valence-corrected chi connectivity index (χ3v) is 4.50. The van der Waals surface area contributed by atoms with E-state index < -0.39 is 0 Å². The summed E-state index contributed by atoms with van der Waals surface area (Å²) in [4.78, 5) is 0. The zero-order valence-electron chi connectivity index (χ0n) is 10.1. The normalized spacial score (nSPS) is 12.4. The quantitative estimate of drug-likeness (QED) is 0.570. The molecule has 0 heterocycles. The smallest absolute Gasteiger partial charge is 0.170 e. The predicted molar refractivity (Wildman–Crippen MR) is 75.8 cm³/mol. The lowest BCUT2D eigenvalue weighted by Gasteiger charge is -2.17. The van der Waals surface area contributed by atoms with Crippen LogP contribution in [0.1, 0.15) is 27.8 Å². The highest BCUT2D eigenvalue weighted by molar-refractivity contribution is 6.94. The summed E-state index contributed by atoms with van der Waals surface area (Å²) in [6.07, 6.45) is 0. The van der Waals surface area contributed by atoms with Crippen molar-refractivity contribution in [2.75, 3.05) is 0 Å². The van der Waals surface area contributed by atoms with Crippen LogP contribution < -0.4 is 0 Å². The number of hydrogen-bond acceptors (Lipinski definition) is 0. The van der Waals surface area contributed by atoms with Crippen LogP contribution in [0.5, 0.6) is 0 Å². The molecule has 2 rings (SSSR count). The molecule has 2 heteroatoms. The fourth-order valence-corrected chi connectivity index (χ4v) is 3.59. The molecule has 2 aromatic carbocycles. The zero-order valence-corrected chi connectivity index (χ0v) is 11.8. The van der Waals surface area contributed by atoms with Crippen molar-refractivity contribution in [3.8, 4) is 0 Å². The Bertz CT molecular complexity index is 494. The van der Waals surface area contributed by atoms with Crippen LogP contribution in [0.25, 0.3) is 0 Å². The van der Waals surface area contributed by atoms with Crippen molar-refractivity contribution in [1.29, 1.82) is 0 Å². The molecule has 0 nitrogen and oxygen atoms in total. The van der Waals surface area contributed by atoms with E-state index in [1.807, 2.05) is 6.07 Å². The minimum Gasteiger partial charge on any atom is -0.170 e. The van der Waals surface area contributed by atoms with Crippen LogP contribution in [0, 0.1) is 13.8 Å². The van der Waals surface area contributed by atoms with Crippen LogP contribution in [0.4, 0.5) is 0 Å². The first-order valence-corrected chi connectivity index (χ1v) is 7.79. The molecule has 1 unspecified atom stereocenters. The summed E-state index contributed by atoms with van der Waals surface area (Å²) in [6.45, 7) is 4.28. The molecule has 2 aromatic rings. The standard InChI is InChI=1S/C15H15ClSi/c1-11-8-9-14(12(2)10-11)15(17-16)13-6-4-3-5-7-13/h3-10,15H,1-2H3. The van der Waals surface area contributed by atoms with Gasteiger partial charge in [0.05, 0.1) is 0 Å². The van der Waals surface area contributed by atoms with Crippen LogP contribution in [0.2, 0.25) is 0 Å². The van der Waals surface area contributed by atoms with E-state index in [-0.39, 0.29) is 0 Å². The Morgan fingerprint density at radius 3 is 2.29 bits per heavy atom. The van der Waals surface area contributed by atoms with Gasteiger partial charge >= 0.3 is 0 Å². The van der Waals surface area contributed by atoms with Crippen molar-refractivity contribution in [3.63, 3.8) is 0 Å². The lowest BCUT2D eigenvalue weighted by molar-refractivity contribution is 1.10. The fourth-order valence-electron chi connectivity index (χ4n) is 2.10. The molecule has 0 aromatic heterocycles. The van der Waals surface area contributed by atoms with Gasteiger partial charge in [0.25, 0.3) is 0 Å². The molecule has 0 aliphatic carbocycles. The Hall–Kier alpha value is -1.05. The van der Waals surface area contributed by atoms with E-state index in [0.29, 0.717) is 14.4 Å². The summed E-state index contributed by atoms with van der Waals surface area (Å²) in [5.74, 6) is 0. The predicted octanol–water partition coefficient (Wildman–Crippen LogP) is 4.25. The van der Waals surface area contributed by atoms with Crippen molar-refractivity contribution < 1.29 is 0 Å². The Morgan fingerprint density at radius 1 is 1.00 bits per heavy atom. The molecular formula is C15H15ClSi. The van der Waals surface area contributed by atoms with E-state index in [2.05, 4.69) is 56.3 Å². The molecule has 86 valence electrons. The van der Waals surface area contributed by atoms with E-state index in [4.69, 9.17) is 11.1 Å². The second kappa shape index (κ2) is 5.52. The minimum absolute atomic E-state index is 0.318. The molecule has 2 radical (unpaired) electrons. The molecule has 17 heavy (non-hydrogen) atoms. The first-order valence-electron chi connectivity index (χ1n) is 5.70. The summed E-state index contributed by atoms with van der Waals surface area (Å²) in [7, 11) is 0.369. The van der Waals surface area contributed by atoms with Gasteiger partial charge in [-0.1, -0.05) is 54.1 Å². The van der Waals surface area contributed by atoms with Crippen molar-refractivity contribution >= 4 is 19.9 Å². The SMILES string of the molecule is Cc1ccc(C([Si]Cl)c2ccccc2)c(C)c1. The number of benzene rings is 2. The average molecular weight is 259 g/mol. The summed E-state index contributed by atoms with van der Waals surface area (Å²) in [5.41, 5.74) is 5.59. The van der Waals surface area contributed by atoms with Crippen LogP contribution in [-0.2, 0) is 0 Å². The summed E-state index contributed by atoms with van der Waals surface area (Å²) >= 11 is 6.18. The third-order valence-electron chi connectivity index (χ3n) is 2.98. The molecule has 0 aliphatic rings. The third kappa shape index (κ3) is 2.79. The van der Waals surface area contributed by atoms with Gasteiger partial charge in [-0.05, 0) is 30.5 Å². The second-order valence-corrected chi connectivity index (χ2v) is 5.76. The second-order valence-electron chi connectivity index (χ2n) is 4.31. The van der Waals surface area contributed by atoms with Gasteiger partial charge in [-0.25, -0.2) is 0 Å². The molecule has 1 atom stereocenters. The first kappa shape index (κ1) is 12.4. The van der Waals surface area contributed by atoms with Gasteiger partial charge in [-0.2, -0.15) is 11.1 Å². The van der Waals surface area contributed by atoms with Crippen molar-refractivity contribution in [2.24, 2.45) is 0 Å². The summed E-state index contributed by atoms with van der Waals surface area (Å²) in [6, 6.07) is 17.1. The van der Waals surface area contributed by atoms with Gasteiger partial charge in [0.1, 0.15) is 0 Å². The topological polar surface area (TPSA) is 0 Å². The average Bonchev–Trinajstić information content (AvgIpc) is 2.34. The van der Waals surface area contributed by atoms with Gasteiger partial charge in [0, 0.05) is 5.54 Å². The van der Waals surface area contributed by atoms with E-state index in [9.17, 15) is 0 Å². The van der Waals surface area contributed by atoms with Gasteiger partial charge < -0.3 is 0 Å². The van der Waals surface area contributed by atoms with E-state index in [1.54, 1.807) is 0 Å². The molecule has 0 bridgehead atoms. The Balaban J connectivity index is 2.42. The Kier molecular flexibility index (Phi) is 4.03. The molecule has 0 spiro atoms. The highest BCUT2D eigenvalue weighted by Crippen LogP contribution is 2.27. The highest BCUT2D eigenvalue weighted by atomic mass is 35.6. The van der Waals surface area contributed by atoms with Crippen LogP contribution in [0.15, 0.2) is 48.5 Å². The van der Waals surface area contributed by atoms with E-state index >= 15 is 0 Å². The molecule has 0 N–H and O–H groups in total. The monoisotopic (exact) mass is 258 g/mol. The fraction of sp³-hybridized carbons (Fsp3) is 0.200. The number of halogens is 1. The van der Waals surface area contributed by atoms with Gasteiger partial charge in [-0.3, -0.25) is 0 Å². The number of hydrogen-bond donors (Lipinski definition) is 0. The van der Waals surface area contributed by atoms with Crippen molar-refractivity contribution in [1.82, 2.24) is 0 Å². The lowest BCUT2D eigenvalue weighted by Crippen LogP contribution is -2.07.